The predicted octanol–water partition coefficient (Wildman–Crippen LogP) is 1.38. The number of piperidine rings is 1. The number of methoxy groups -OCH3 is 2. The van der Waals surface area contributed by atoms with Crippen LogP contribution in [0.15, 0.2) is 18.3 Å². The van der Waals surface area contributed by atoms with Gasteiger partial charge in [-0.3, -0.25) is 0 Å². The average molecular weight is 440 g/mol. The van der Waals surface area contributed by atoms with Gasteiger partial charge in [-0.05, 0) is 18.9 Å². The maximum absolute atomic E-state index is 11.0. The molecule has 0 spiro atoms. The molecule has 6 N–H and O–H groups in total. The van der Waals surface area contributed by atoms with Crippen molar-refractivity contribution >= 4 is 40.3 Å². The number of nitrogens with zero attached hydrogens (tertiary/aromatic N) is 5. The summed E-state index contributed by atoms with van der Waals surface area (Å²) in [5.41, 5.74) is 12.3. The van der Waals surface area contributed by atoms with Crippen LogP contribution in [0.1, 0.15) is 23.3 Å². The molecule has 168 valence electrons. The zero-order valence-corrected chi connectivity index (χ0v) is 17.7. The van der Waals surface area contributed by atoms with Gasteiger partial charge in [0, 0.05) is 30.6 Å². The number of hydrogen-bond donors (Lipinski definition) is 4. The Morgan fingerprint density at radius 3 is 2.41 bits per heavy atom. The summed E-state index contributed by atoms with van der Waals surface area (Å²) in [7, 11) is 3.13. The summed E-state index contributed by atoms with van der Waals surface area (Å²) in [5, 5.41) is 13.0. The summed E-state index contributed by atoms with van der Waals surface area (Å²) in [4.78, 5) is 30.2. The van der Waals surface area contributed by atoms with Gasteiger partial charge in [0.2, 0.25) is 5.95 Å². The minimum absolute atomic E-state index is 0.118. The van der Waals surface area contributed by atoms with Gasteiger partial charge < -0.3 is 36.3 Å². The quantitative estimate of drug-likeness (QED) is 0.434. The zero-order chi connectivity index (χ0) is 22.8. The highest BCUT2D eigenvalue weighted by Crippen LogP contribution is 2.34. The van der Waals surface area contributed by atoms with Crippen LogP contribution in [-0.4, -0.2) is 64.4 Å². The van der Waals surface area contributed by atoms with Crippen LogP contribution >= 0.6 is 0 Å². The summed E-state index contributed by atoms with van der Waals surface area (Å²) in [6.45, 7) is 1.40. The SMILES string of the molecule is COc1cc2nc(N3CCC(Nc4cnc(C(=O)O)c(N)n4)CC3)nc(N)c2cc1OC. The molecule has 1 aliphatic heterocycles. The van der Waals surface area contributed by atoms with Gasteiger partial charge in [0.05, 0.1) is 25.9 Å². The van der Waals surface area contributed by atoms with E-state index in [-0.39, 0.29) is 17.6 Å². The molecule has 0 saturated carbocycles. The van der Waals surface area contributed by atoms with Gasteiger partial charge in [-0.2, -0.15) is 4.98 Å². The molecule has 12 heteroatoms. The number of rotatable bonds is 6. The van der Waals surface area contributed by atoms with E-state index in [0.717, 1.165) is 12.8 Å². The largest absolute Gasteiger partial charge is 0.493 e. The summed E-state index contributed by atoms with van der Waals surface area (Å²) >= 11 is 0. The van der Waals surface area contributed by atoms with Gasteiger partial charge in [0.25, 0.3) is 0 Å². The summed E-state index contributed by atoms with van der Waals surface area (Å²) in [6, 6.07) is 3.68. The Bertz CT molecular complexity index is 1160. The first-order valence-corrected chi connectivity index (χ1v) is 9.96. The molecule has 2 aromatic heterocycles. The van der Waals surface area contributed by atoms with E-state index in [1.54, 1.807) is 26.4 Å². The number of benzene rings is 1. The molecule has 4 rings (SSSR count). The molecular weight excluding hydrogens is 416 g/mol. The molecule has 3 heterocycles. The first kappa shape index (κ1) is 21.2. The lowest BCUT2D eigenvalue weighted by Gasteiger charge is -2.32. The van der Waals surface area contributed by atoms with Gasteiger partial charge in [0.15, 0.2) is 23.0 Å². The fraction of sp³-hybridized carbons (Fsp3) is 0.350. The summed E-state index contributed by atoms with van der Waals surface area (Å²) in [6.07, 6.45) is 2.95. The smallest absolute Gasteiger partial charge is 0.358 e. The van der Waals surface area contributed by atoms with Crippen molar-refractivity contribution in [2.75, 3.05) is 49.0 Å². The minimum Gasteiger partial charge on any atom is -0.493 e. The molecule has 3 aromatic rings. The second kappa shape index (κ2) is 8.57. The highest BCUT2D eigenvalue weighted by atomic mass is 16.5. The average Bonchev–Trinajstić information content (AvgIpc) is 2.78. The number of hydrogen-bond acceptors (Lipinski definition) is 11. The van der Waals surface area contributed by atoms with Crippen molar-refractivity contribution in [1.29, 1.82) is 0 Å². The lowest BCUT2D eigenvalue weighted by Crippen LogP contribution is -2.40. The number of nitrogens with two attached hydrogens (primary N) is 2. The van der Waals surface area contributed by atoms with E-state index >= 15 is 0 Å². The maximum atomic E-state index is 11.0. The van der Waals surface area contributed by atoms with Crippen molar-refractivity contribution in [2.45, 2.75) is 18.9 Å². The first-order chi connectivity index (χ1) is 15.4. The topological polar surface area (TPSA) is 175 Å². The Labute approximate surface area is 183 Å². The molecule has 1 fully saturated rings. The molecule has 0 unspecified atom stereocenters. The van der Waals surface area contributed by atoms with Crippen LogP contribution in [0.25, 0.3) is 10.9 Å². The lowest BCUT2D eigenvalue weighted by molar-refractivity contribution is 0.0691. The van der Waals surface area contributed by atoms with Crippen molar-refractivity contribution in [3.63, 3.8) is 0 Å². The van der Waals surface area contributed by atoms with Gasteiger partial charge in [-0.15, -0.1) is 0 Å². The molecule has 0 bridgehead atoms. The van der Waals surface area contributed by atoms with E-state index in [1.165, 1.54) is 6.20 Å². The molecule has 32 heavy (non-hydrogen) atoms. The Kier molecular flexibility index (Phi) is 5.67. The van der Waals surface area contributed by atoms with E-state index < -0.39 is 5.97 Å². The number of carbonyl (C=O) groups is 1. The third kappa shape index (κ3) is 4.06. The Hall–Kier alpha value is -4.09. The zero-order valence-electron chi connectivity index (χ0n) is 17.7. The lowest BCUT2D eigenvalue weighted by atomic mass is 10.1. The number of anilines is 4. The number of carboxylic acids is 1. The van der Waals surface area contributed by atoms with Gasteiger partial charge in [-0.25, -0.2) is 19.7 Å². The molecular formula is C20H24N8O4. The molecule has 0 radical (unpaired) electrons. The summed E-state index contributed by atoms with van der Waals surface area (Å²) in [5.74, 6) is 1.17. The maximum Gasteiger partial charge on any atom is 0.358 e. The fourth-order valence-electron chi connectivity index (χ4n) is 3.68. The number of aromatic nitrogens is 4. The van der Waals surface area contributed by atoms with Crippen LogP contribution in [-0.2, 0) is 0 Å². The van der Waals surface area contributed by atoms with Gasteiger partial charge in [-0.1, -0.05) is 0 Å². The monoisotopic (exact) mass is 440 g/mol. The van der Waals surface area contributed by atoms with E-state index in [4.69, 9.17) is 26.0 Å². The molecule has 0 aliphatic carbocycles. The van der Waals surface area contributed by atoms with Crippen LogP contribution in [0.5, 0.6) is 11.5 Å². The summed E-state index contributed by atoms with van der Waals surface area (Å²) < 4.78 is 10.7. The number of nitrogen functional groups attached to an aromatic ring is 2. The third-order valence-electron chi connectivity index (χ3n) is 5.35. The Morgan fingerprint density at radius 2 is 1.78 bits per heavy atom. The van der Waals surface area contributed by atoms with E-state index in [2.05, 4.69) is 30.2 Å². The van der Waals surface area contributed by atoms with Crippen molar-refractivity contribution in [1.82, 2.24) is 19.9 Å². The molecule has 12 nitrogen and oxygen atoms in total. The van der Waals surface area contributed by atoms with E-state index in [1.807, 2.05) is 0 Å². The van der Waals surface area contributed by atoms with E-state index in [0.29, 0.717) is 53.1 Å². The van der Waals surface area contributed by atoms with Crippen LogP contribution in [0.2, 0.25) is 0 Å². The van der Waals surface area contributed by atoms with Crippen molar-refractivity contribution in [2.24, 2.45) is 0 Å². The second-order valence-electron chi connectivity index (χ2n) is 7.33. The standard InChI is InChI=1S/C20H24N8O4/c1-31-13-7-11-12(8-14(13)32-2)25-20(27-17(11)21)28-5-3-10(4-6-28)24-15-9-23-16(19(29)30)18(22)26-15/h7-10H,3-6H2,1-2H3,(H,29,30)(H2,21,25,27)(H3,22,24,26). The first-order valence-electron chi connectivity index (χ1n) is 9.96. The second-order valence-corrected chi connectivity index (χ2v) is 7.33. The molecule has 1 aliphatic rings. The molecule has 0 atom stereocenters. The molecule has 1 saturated heterocycles. The Balaban J connectivity index is 1.47. The third-order valence-corrected chi connectivity index (χ3v) is 5.35. The van der Waals surface area contributed by atoms with Crippen LogP contribution in [0, 0.1) is 0 Å². The van der Waals surface area contributed by atoms with Crippen LogP contribution in [0.4, 0.5) is 23.4 Å². The minimum atomic E-state index is -1.21. The molecule has 0 amide bonds. The van der Waals surface area contributed by atoms with Crippen LogP contribution < -0.4 is 31.2 Å². The van der Waals surface area contributed by atoms with Gasteiger partial charge >= 0.3 is 5.97 Å². The normalized spacial score (nSPS) is 14.4. The van der Waals surface area contributed by atoms with Gasteiger partial charge in [0.1, 0.15) is 11.6 Å². The van der Waals surface area contributed by atoms with E-state index in [9.17, 15) is 4.79 Å². The number of carboxylic acid groups (broad SMARTS) is 1. The number of fused-ring (bicyclic) bond motifs is 1. The predicted molar refractivity (Wildman–Crippen MR) is 119 cm³/mol. The van der Waals surface area contributed by atoms with Crippen molar-refractivity contribution in [3.8, 4) is 11.5 Å². The van der Waals surface area contributed by atoms with Crippen LogP contribution in [0.3, 0.4) is 0 Å². The number of ether oxygens (including phenoxy) is 2. The van der Waals surface area contributed by atoms with Crippen molar-refractivity contribution in [3.05, 3.63) is 24.0 Å². The number of aromatic carboxylic acids is 1. The highest BCUT2D eigenvalue weighted by Gasteiger charge is 2.23. The Morgan fingerprint density at radius 1 is 1.09 bits per heavy atom. The highest BCUT2D eigenvalue weighted by molar-refractivity contribution is 5.92. The fourth-order valence-corrected chi connectivity index (χ4v) is 3.68. The number of nitrogens with one attached hydrogen (secondary N) is 1. The van der Waals surface area contributed by atoms with Crippen molar-refractivity contribution < 1.29 is 19.4 Å². The molecule has 1 aromatic carbocycles.